The first-order valence-electron chi connectivity index (χ1n) is 7.61. The molecule has 1 aliphatic heterocycles. The summed E-state index contributed by atoms with van der Waals surface area (Å²) in [5.41, 5.74) is 1.13. The van der Waals surface area contributed by atoms with Crippen molar-refractivity contribution in [2.45, 2.75) is 37.3 Å². The Hall–Kier alpha value is -1.68. The third-order valence-corrected chi connectivity index (χ3v) is 5.38. The summed E-state index contributed by atoms with van der Waals surface area (Å²) >= 11 is 0. The van der Waals surface area contributed by atoms with Gasteiger partial charge in [-0.2, -0.15) is 4.31 Å². The van der Waals surface area contributed by atoms with Crippen LogP contribution >= 0.6 is 0 Å². The van der Waals surface area contributed by atoms with Crippen molar-refractivity contribution in [3.05, 3.63) is 24.3 Å². The Morgan fingerprint density at radius 2 is 1.96 bits per heavy atom. The second-order valence-electron chi connectivity index (χ2n) is 6.50. The summed E-state index contributed by atoms with van der Waals surface area (Å²) in [6.07, 6.45) is 0. The van der Waals surface area contributed by atoms with Crippen molar-refractivity contribution in [2.24, 2.45) is 0 Å². The van der Waals surface area contributed by atoms with E-state index < -0.39 is 22.0 Å². The van der Waals surface area contributed by atoms with Crippen molar-refractivity contribution in [1.82, 2.24) is 15.1 Å². The first kappa shape index (κ1) is 18.7. The lowest BCUT2D eigenvalue weighted by Gasteiger charge is -2.33. The Morgan fingerprint density at radius 1 is 1.33 bits per heavy atom. The van der Waals surface area contributed by atoms with Crippen molar-refractivity contribution in [1.29, 1.82) is 0 Å². The molecular formula is C15H23N3O5S. The molecule has 1 aromatic carbocycles. The van der Waals surface area contributed by atoms with Crippen molar-refractivity contribution in [3.8, 4) is 5.75 Å². The molecule has 1 unspecified atom stereocenters. The van der Waals surface area contributed by atoms with Gasteiger partial charge in [0.25, 0.3) is 5.91 Å². The second-order valence-corrected chi connectivity index (χ2v) is 8.39. The predicted molar refractivity (Wildman–Crippen MR) is 87.3 cm³/mol. The molecule has 0 aromatic heterocycles. The van der Waals surface area contributed by atoms with Gasteiger partial charge in [0.15, 0.2) is 0 Å². The summed E-state index contributed by atoms with van der Waals surface area (Å²) in [4.78, 5) is 11.8. The molecule has 1 fully saturated rings. The topological polar surface area (TPSA) is 108 Å². The van der Waals surface area contributed by atoms with E-state index in [2.05, 4.69) is 5.32 Å². The third-order valence-electron chi connectivity index (χ3n) is 3.46. The minimum atomic E-state index is -3.86. The number of sulfonamides is 1. The number of benzene rings is 1. The van der Waals surface area contributed by atoms with Crippen molar-refractivity contribution >= 4 is 15.9 Å². The summed E-state index contributed by atoms with van der Waals surface area (Å²) in [6.45, 7) is 6.40. The summed E-state index contributed by atoms with van der Waals surface area (Å²) < 4.78 is 32.4. The van der Waals surface area contributed by atoms with Crippen molar-refractivity contribution in [2.75, 3.05) is 19.6 Å². The molecule has 1 aromatic rings. The van der Waals surface area contributed by atoms with Crippen LogP contribution in [0, 0.1) is 0 Å². The fourth-order valence-corrected chi connectivity index (χ4v) is 4.03. The molecule has 0 bridgehead atoms. The van der Waals surface area contributed by atoms with Gasteiger partial charge in [0.05, 0.1) is 4.90 Å². The maximum absolute atomic E-state index is 12.8. The average molecular weight is 357 g/mol. The highest BCUT2D eigenvalue weighted by atomic mass is 32.2. The van der Waals surface area contributed by atoms with Gasteiger partial charge in [-0.1, -0.05) is 0 Å². The molecule has 2 rings (SSSR count). The fraction of sp³-hybridized carbons (Fsp3) is 0.533. The zero-order valence-corrected chi connectivity index (χ0v) is 14.8. The van der Waals surface area contributed by atoms with Crippen LogP contribution in [0.2, 0.25) is 0 Å². The van der Waals surface area contributed by atoms with E-state index in [1.807, 2.05) is 20.8 Å². The number of carbonyl (C=O) groups excluding carboxylic acids is 1. The average Bonchev–Trinajstić information content (AvgIpc) is 2.53. The van der Waals surface area contributed by atoms with Crippen molar-refractivity contribution < 1.29 is 23.2 Å². The number of hydrogen-bond donors (Lipinski definition) is 3. The zero-order valence-electron chi connectivity index (χ0n) is 13.9. The van der Waals surface area contributed by atoms with Crippen LogP contribution in [0.5, 0.6) is 5.75 Å². The minimum absolute atomic E-state index is 0.0707. The Labute approximate surface area is 141 Å². The molecule has 1 atom stereocenters. The highest BCUT2D eigenvalue weighted by Gasteiger charge is 2.37. The number of piperazine rings is 1. The predicted octanol–water partition coefficient (Wildman–Crippen LogP) is 0.332. The van der Waals surface area contributed by atoms with Gasteiger partial charge < -0.3 is 10.1 Å². The Balaban J connectivity index is 2.26. The van der Waals surface area contributed by atoms with E-state index in [1.165, 1.54) is 17.6 Å². The maximum Gasteiger partial charge on any atom is 0.263 e. The van der Waals surface area contributed by atoms with E-state index in [9.17, 15) is 13.2 Å². The maximum atomic E-state index is 12.8. The molecule has 1 heterocycles. The standard InChI is InChI=1S/C15H23N3O5S/c1-15(2,3)23-11-4-6-12(7-5-11)24(21,22)18-9-8-16-10-13(18)14(19)17-20/h4-7,13,16,20H,8-10H2,1-3H3,(H,17,19). The number of nitrogens with zero attached hydrogens (tertiary/aromatic N) is 1. The van der Waals surface area contributed by atoms with Crippen LogP contribution in [0.4, 0.5) is 0 Å². The summed E-state index contributed by atoms with van der Waals surface area (Å²) in [7, 11) is -3.86. The Kier molecular flexibility index (Phi) is 5.49. The monoisotopic (exact) mass is 357 g/mol. The lowest BCUT2D eigenvalue weighted by atomic mass is 10.2. The Bertz CT molecular complexity index is 682. The number of hydroxylamine groups is 1. The highest BCUT2D eigenvalue weighted by Crippen LogP contribution is 2.24. The molecule has 0 spiro atoms. The van der Waals surface area contributed by atoms with Gasteiger partial charge in [-0.25, -0.2) is 13.9 Å². The molecule has 1 aliphatic rings. The number of nitrogens with one attached hydrogen (secondary N) is 2. The summed E-state index contributed by atoms with van der Waals surface area (Å²) in [5, 5.41) is 11.8. The molecule has 8 nitrogen and oxygen atoms in total. The number of ether oxygens (including phenoxy) is 1. The quantitative estimate of drug-likeness (QED) is 0.529. The van der Waals surface area contributed by atoms with E-state index in [1.54, 1.807) is 12.1 Å². The van der Waals surface area contributed by atoms with Crippen LogP contribution in [-0.2, 0) is 14.8 Å². The number of rotatable bonds is 4. The van der Waals surface area contributed by atoms with Gasteiger partial charge in [0, 0.05) is 19.6 Å². The molecule has 0 aliphatic carbocycles. The molecule has 3 N–H and O–H groups in total. The van der Waals surface area contributed by atoms with E-state index in [-0.39, 0.29) is 23.6 Å². The normalized spacial score (nSPS) is 19.8. The van der Waals surface area contributed by atoms with E-state index in [0.717, 1.165) is 4.31 Å². The number of carbonyl (C=O) groups is 1. The van der Waals surface area contributed by atoms with Crippen LogP contribution in [0.3, 0.4) is 0 Å². The smallest absolute Gasteiger partial charge is 0.263 e. The van der Waals surface area contributed by atoms with Crippen LogP contribution in [0.25, 0.3) is 0 Å². The molecule has 24 heavy (non-hydrogen) atoms. The van der Waals surface area contributed by atoms with Crippen LogP contribution < -0.4 is 15.5 Å². The fourth-order valence-electron chi connectivity index (χ4n) is 2.44. The molecule has 9 heteroatoms. The molecule has 1 saturated heterocycles. The Morgan fingerprint density at radius 3 is 2.50 bits per heavy atom. The van der Waals surface area contributed by atoms with Gasteiger partial charge in [-0.3, -0.25) is 10.0 Å². The van der Waals surface area contributed by atoms with Gasteiger partial charge >= 0.3 is 0 Å². The van der Waals surface area contributed by atoms with Gasteiger partial charge in [-0.05, 0) is 45.0 Å². The lowest BCUT2D eigenvalue weighted by Crippen LogP contribution is -2.59. The first-order chi connectivity index (χ1) is 11.1. The molecule has 0 saturated carbocycles. The van der Waals surface area contributed by atoms with Gasteiger partial charge in [0.2, 0.25) is 10.0 Å². The van der Waals surface area contributed by atoms with Crippen LogP contribution in [0.15, 0.2) is 29.2 Å². The SMILES string of the molecule is CC(C)(C)Oc1ccc(S(=O)(=O)N2CCNCC2C(=O)NO)cc1. The molecular weight excluding hydrogens is 334 g/mol. The zero-order chi connectivity index (χ0) is 18.0. The van der Waals surface area contributed by atoms with E-state index in [0.29, 0.717) is 12.3 Å². The van der Waals surface area contributed by atoms with E-state index in [4.69, 9.17) is 9.94 Å². The third kappa shape index (κ3) is 4.23. The molecule has 134 valence electrons. The molecule has 1 amide bonds. The lowest BCUT2D eigenvalue weighted by molar-refractivity contribution is -0.133. The van der Waals surface area contributed by atoms with Crippen molar-refractivity contribution in [3.63, 3.8) is 0 Å². The van der Waals surface area contributed by atoms with Gasteiger partial charge in [0.1, 0.15) is 17.4 Å². The largest absolute Gasteiger partial charge is 0.488 e. The second kappa shape index (κ2) is 7.06. The summed E-state index contributed by atoms with van der Waals surface area (Å²) in [5.74, 6) is -0.204. The highest BCUT2D eigenvalue weighted by molar-refractivity contribution is 7.89. The van der Waals surface area contributed by atoms with Crippen LogP contribution in [-0.4, -0.2) is 55.1 Å². The number of hydrogen-bond acceptors (Lipinski definition) is 6. The minimum Gasteiger partial charge on any atom is -0.488 e. The summed E-state index contributed by atoms with van der Waals surface area (Å²) in [6, 6.07) is 5.07. The van der Waals surface area contributed by atoms with E-state index >= 15 is 0 Å². The molecule has 0 radical (unpaired) electrons. The van der Waals surface area contributed by atoms with Crippen LogP contribution in [0.1, 0.15) is 20.8 Å². The first-order valence-corrected chi connectivity index (χ1v) is 9.05. The number of amides is 1. The van der Waals surface area contributed by atoms with Gasteiger partial charge in [-0.15, -0.1) is 0 Å².